The number of ether oxygens (including phenoxy) is 1. The van der Waals surface area contributed by atoms with Crippen LogP contribution in [0.5, 0.6) is 0 Å². The summed E-state index contributed by atoms with van der Waals surface area (Å²) in [4.78, 5) is 28.3. The maximum Gasteiger partial charge on any atom is 0.313 e. The van der Waals surface area contributed by atoms with E-state index in [9.17, 15) is 31.7 Å². The van der Waals surface area contributed by atoms with Crippen LogP contribution in [0.25, 0.3) is 10.8 Å². The van der Waals surface area contributed by atoms with Crippen LogP contribution in [0.1, 0.15) is 40.7 Å². The van der Waals surface area contributed by atoms with E-state index >= 15 is 0 Å². The molecule has 0 fully saturated rings. The number of nitrogens with one attached hydrogen (secondary N) is 2. The zero-order valence-corrected chi connectivity index (χ0v) is 33.4. The van der Waals surface area contributed by atoms with E-state index in [-0.39, 0.29) is 53.9 Å². The van der Waals surface area contributed by atoms with Gasteiger partial charge in [0.2, 0.25) is 16.0 Å². The van der Waals surface area contributed by atoms with E-state index in [1.165, 1.54) is 0 Å². The summed E-state index contributed by atoms with van der Waals surface area (Å²) in [7, 11) is -8.25. The molecule has 57 heavy (non-hydrogen) atoms. The molecule has 0 bridgehead atoms. The molecule has 5 aromatic carbocycles. The number of rotatable bonds is 17. The van der Waals surface area contributed by atoms with Gasteiger partial charge in [-0.3, -0.25) is 19.9 Å². The monoisotopic (exact) mass is 811 g/mol. The number of nitro groups is 1. The van der Waals surface area contributed by atoms with Gasteiger partial charge in [-0.25, -0.2) is 26.3 Å². The number of guanidine groups is 1. The fourth-order valence-corrected chi connectivity index (χ4v) is 9.12. The maximum absolute atomic E-state index is 13.6. The average Bonchev–Trinajstić information content (AvgIpc) is 3.16. The molecule has 13 nitrogen and oxygen atoms in total. The van der Waals surface area contributed by atoms with Crippen LogP contribution in [-0.2, 0) is 42.6 Å². The van der Waals surface area contributed by atoms with Gasteiger partial charge in [-0.1, -0.05) is 103 Å². The first-order valence-corrected chi connectivity index (χ1v) is 21.1. The van der Waals surface area contributed by atoms with Crippen LogP contribution < -0.4 is 15.2 Å². The lowest BCUT2D eigenvalue weighted by molar-refractivity contribution is -0.384. The van der Waals surface area contributed by atoms with Crippen molar-refractivity contribution in [2.24, 2.45) is 16.6 Å². The quantitative estimate of drug-likeness (QED) is 0.0177. The highest BCUT2D eigenvalue weighted by atomic mass is 32.2. The molecular formula is C42H45N5O8S2. The lowest BCUT2D eigenvalue weighted by Gasteiger charge is -2.18. The first-order chi connectivity index (χ1) is 27.1. The molecule has 5 rings (SSSR count). The highest BCUT2D eigenvalue weighted by Crippen LogP contribution is 2.23. The van der Waals surface area contributed by atoms with Gasteiger partial charge in [0.05, 0.1) is 20.6 Å². The van der Waals surface area contributed by atoms with Gasteiger partial charge in [0, 0.05) is 24.7 Å². The molecule has 0 aliphatic carbocycles. The number of aliphatic imine (C=N–C) groups is 1. The van der Waals surface area contributed by atoms with Crippen molar-refractivity contribution < 1.29 is 31.3 Å². The SMILES string of the molecule is Cc1cc(C)c(S(=O)(=O)NC(N)=NCCC[C@@H](/C=C/[C@H](Cc2ccc3ccccc3c2)C(=O)OCc2ccccc2)NS(=O)(=O)c2ccc([N+](=O)[O-])cc2)c(C)c1. The molecule has 2 atom stereocenters. The average molecular weight is 812 g/mol. The van der Waals surface area contributed by atoms with Crippen molar-refractivity contribution in [2.75, 3.05) is 6.54 Å². The molecule has 0 radical (unpaired) electrons. The Hall–Kier alpha value is -5.90. The number of benzene rings is 5. The highest BCUT2D eigenvalue weighted by molar-refractivity contribution is 7.90. The van der Waals surface area contributed by atoms with Crippen molar-refractivity contribution in [3.05, 3.63) is 159 Å². The van der Waals surface area contributed by atoms with Crippen LogP contribution in [0.3, 0.4) is 0 Å². The second kappa shape index (κ2) is 18.8. The number of aryl methyl sites for hydroxylation is 3. The van der Waals surface area contributed by atoms with E-state index in [0.29, 0.717) is 11.1 Å². The smallest absolute Gasteiger partial charge is 0.313 e. The minimum absolute atomic E-state index is 0.0312. The first-order valence-electron chi connectivity index (χ1n) is 18.2. The Bertz CT molecular complexity index is 2480. The zero-order valence-electron chi connectivity index (χ0n) is 31.8. The molecule has 0 amide bonds. The van der Waals surface area contributed by atoms with E-state index in [0.717, 1.165) is 51.7 Å². The third-order valence-electron chi connectivity index (χ3n) is 9.10. The summed E-state index contributed by atoms with van der Waals surface area (Å²) in [5.41, 5.74) is 9.44. The molecule has 0 unspecified atom stereocenters. The number of fused-ring (bicyclic) bond motifs is 1. The molecule has 0 saturated heterocycles. The standard InChI is InChI=1S/C42H45N5O8S2/c1-29-24-30(2)40(31(3)25-29)57(53,54)46-42(43)44-23-9-14-37(45-56(51,52)39-21-19-38(20-22-39)47(49)50)18-17-36(41(48)55-28-32-10-5-4-6-11-32)27-33-15-16-34-12-7-8-13-35(34)26-33/h4-8,10-13,15-22,24-26,36-37,45H,9,14,23,27-28H2,1-3H3,(H3,43,44,46)/b18-17+/t36-,37+/m1/s1. The van der Waals surface area contributed by atoms with Gasteiger partial charge in [-0.05, 0) is 85.2 Å². The number of nitrogens with zero attached hydrogens (tertiary/aromatic N) is 2. The van der Waals surface area contributed by atoms with Crippen LogP contribution in [0.15, 0.2) is 136 Å². The Morgan fingerprint density at radius 1 is 0.825 bits per heavy atom. The summed E-state index contributed by atoms with van der Waals surface area (Å²) in [5.74, 6) is -1.65. The number of nitrogens with two attached hydrogens (primary N) is 1. The summed E-state index contributed by atoms with van der Waals surface area (Å²) >= 11 is 0. The van der Waals surface area contributed by atoms with Gasteiger partial charge in [-0.15, -0.1) is 0 Å². The van der Waals surface area contributed by atoms with Crippen molar-refractivity contribution in [3.8, 4) is 0 Å². The third kappa shape index (κ3) is 11.8. The molecule has 5 aromatic rings. The van der Waals surface area contributed by atoms with Crippen LogP contribution in [-0.4, -0.2) is 46.3 Å². The Kier molecular flexibility index (Phi) is 14.0. The fourth-order valence-electron chi connectivity index (χ4n) is 6.48. The van der Waals surface area contributed by atoms with E-state index in [1.54, 1.807) is 38.1 Å². The van der Waals surface area contributed by atoms with Crippen molar-refractivity contribution in [3.63, 3.8) is 0 Å². The molecular weight excluding hydrogens is 767 g/mol. The Balaban J connectivity index is 1.38. The molecule has 0 saturated carbocycles. The number of hydrogen-bond acceptors (Lipinski definition) is 9. The Morgan fingerprint density at radius 2 is 1.47 bits per heavy atom. The summed E-state index contributed by atoms with van der Waals surface area (Å²) in [6.07, 6.45) is 3.86. The van der Waals surface area contributed by atoms with Gasteiger partial charge in [0.1, 0.15) is 6.61 Å². The van der Waals surface area contributed by atoms with Crippen LogP contribution >= 0.6 is 0 Å². The largest absolute Gasteiger partial charge is 0.460 e. The van der Waals surface area contributed by atoms with E-state index in [2.05, 4.69) is 14.4 Å². The van der Waals surface area contributed by atoms with Crippen LogP contribution in [0.2, 0.25) is 0 Å². The van der Waals surface area contributed by atoms with Gasteiger partial charge < -0.3 is 10.5 Å². The van der Waals surface area contributed by atoms with E-state index < -0.39 is 42.9 Å². The lowest BCUT2D eigenvalue weighted by Crippen LogP contribution is -2.37. The summed E-state index contributed by atoms with van der Waals surface area (Å²) < 4.78 is 64.2. The summed E-state index contributed by atoms with van der Waals surface area (Å²) in [6.45, 7) is 5.34. The number of carbonyl (C=O) groups is 1. The zero-order chi connectivity index (χ0) is 41.2. The van der Waals surface area contributed by atoms with Crippen LogP contribution in [0.4, 0.5) is 5.69 Å². The van der Waals surface area contributed by atoms with Gasteiger partial charge >= 0.3 is 5.97 Å². The van der Waals surface area contributed by atoms with Crippen molar-refractivity contribution in [1.29, 1.82) is 0 Å². The Morgan fingerprint density at radius 3 is 2.14 bits per heavy atom. The lowest BCUT2D eigenvalue weighted by atomic mass is 9.96. The molecule has 0 heterocycles. The summed E-state index contributed by atoms with van der Waals surface area (Å²) in [5, 5.41) is 13.2. The molecule has 0 aliphatic rings. The van der Waals surface area contributed by atoms with Crippen LogP contribution in [0, 0.1) is 36.8 Å². The number of esters is 1. The van der Waals surface area contributed by atoms with E-state index in [4.69, 9.17) is 10.5 Å². The molecule has 298 valence electrons. The van der Waals surface area contributed by atoms with Crippen molar-refractivity contribution in [1.82, 2.24) is 9.44 Å². The topological polar surface area (TPSA) is 200 Å². The molecule has 0 aliphatic heterocycles. The second-order valence-electron chi connectivity index (χ2n) is 13.7. The number of carbonyl (C=O) groups excluding carboxylic acids is 1. The number of hydrogen-bond donors (Lipinski definition) is 3. The number of non-ortho nitro benzene ring substituents is 1. The molecule has 15 heteroatoms. The van der Waals surface area contributed by atoms with E-state index in [1.807, 2.05) is 79.7 Å². The van der Waals surface area contributed by atoms with Crippen molar-refractivity contribution in [2.45, 2.75) is 62.5 Å². The predicted octanol–water partition coefficient (Wildman–Crippen LogP) is 6.55. The maximum atomic E-state index is 13.6. The van der Waals surface area contributed by atoms with Gasteiger partial charge in [-0.2, -0.15) is 0 Å². The van der Waals surface area contributed by atoms with Crippen molar-refractivity contribution >= 4 is 48.4 Å². The third-order valence-corrected chi connectivity index (χ3v) is 12.3. The fraction of sp³-hybridized carbons (Fsp3) is 0.238. The van der Waals surface area contributed by atoms with Gasteiger partial charge in [0.15, 0.2) is 0 Å². The first kappa shape index (κ1) is 42.2. The molecule has 4 N–H and O–H groups in total. The minimum Gasteiger partial charge on any atom is -0.460 e. The minimum atomic E-state index is -4.21. The molecule has 0 aromatic heterocycles. The van der Waals surface area contributed by atoms with Gasteiger partial charge in [0.25, 0.3) is 15.7 Å². The number of nitro benzene ring substituents is 1. The Labute approximate surface area is 332 Å². The molecule has 0 spiro atoms. The normalized spacial score (nSPS) is 13.4. The second-order valence-corrected chi connectivity index (χ2v) is 17.0. The number of sulfonamides is 2. The predicted molar refractivity (Wildman–Crippen MR) is 220 cm³/mol. The highest BCUT2D eigenvalue weighted by Gasteiger charge is 2.24. The summed E-state index contributed by atoms with van der Waals surface area (Å²) in [6, 6.07) is 30.1.